The van der Waals surface area contributed by atoms with Crippen molar-refractivity contribution < 1.29 is 14.4 Å². The normalized spacial score (nSPS) is 21.1. The topological polar surface area (TPSA) is 112 Å². The zero-order chi connectivity index (χ0) is 26.3. The number of hydrogen-bond acceptors (Lipinski definition) is 8. The number of hydrogen-bond donors (Lipinski definition) is 2. The Balaban J connectivity index is 1.50. The average Bonchev–Trinajstić information content (AvgIpc) is 3.48. The summed E-state index contributed by atoms with van der Waals surface area (Å²) in [6.45, 7) is 6.94. The fraction of sp³-hybridized carbons (Fsp3) is 0.370. The van der Waals surface area contributed by atoms with Gasteiger partial charge in [0.15, 0.2) is 17.2 Å². The van der Waals surface area contributed by atoms with E-state index in [1.54, 1.807) is 16.0 Å². The van der Waals surface area contributed by atoms with Gasteiger partial charge in [0.25, 0.3) is 8.32 Å². The lowest BCUT2D eigenvalue weighted by molar-refractivity contribution is -0.237. The van der Waals surface area contributed by atoms with Gasteiger partial charge in [0.05, 0.1) is 25.6 Å². The van der Waals surface area contributed by atoms with Gasteiger partial charge in [0.1, 0.15) is 11.8 Å². The Morgan fingerprint density at radius 3 is 2.24 bits per heavy atom. The molecule has 37 heavy (non-hydrogen) atoms. The van der Waals surface area contributed by atoms with Gasteiger partial charge in [0, 0.05) is 13.5 Å². The third-order valence-electron chi connectivity index (χ3n) is 7.34. The van der Waals surface area contributed by atoms with Gasteiger partial charge in [-0.1, -0.05) is 81.4 Å². The van der Waals surface area contributed by atoms with Crippen LogP contribution in [0, 0.1) is 0 Å². The zero-order valence-corrected chi connectivity index (χ0v) is 22.7. The number of aliphatic hydroxyl groups is 1. The van der Waals surface area contributed by atoms with Crippen molar-refractivity contribution in [3.05, 3.63) is 73.3 Å². The van der Waals surface area contributed by atoms with Crippen LogP contribution < -0.4 is 16.1 Å². The summed E-state index contributed by atoms with van der Waals surface area (Å²) < 4.78 is 8.90. The van der Waals surface area contributed by atoms with E-state index in [0.717, 1.165) is 0 Å². The van der Waals surface area contributed by atoms with Crippen LogP contribution in [0.15, 0.2) is 73.3 Å². The van der Waals surface area contributed by atoms with Gasteiger partial charge in [0.2, 0.25) is 0 Å². The van der Waals surface area contributed by atoms with E-state index in [4.69, 9.17) is 15.0 Å². The van der Waals surface area contributed by atoms with Crippen LogP contribution in [0.1, 0.15) is 27.2 Å². The third kappa shape index (κ3) is 4.24. The molecule has 3 heterocycles. The van der Waals surface area contributed by atoms with Gasteiger partial charge in [-0.2, -0.15) is 5.06 Å². The first kappa shape index (κ1) is 25.5. The largest absolute Gasteiger partial charge is 0.406 e. The summed E-state index contributed by atoms with van der Waals surface area (Å²) in [6, 6.07) is 21.0. The fourth-order valence-electron chi connectivity index (χ4n) is 5.49. The number of nitrogens with zero attached hydrogens (tertiary/aromatic N) is 5. The number of nitrogens with two attached hydrogens (primary N) is 1. The average molecular weight is 519 g/mol. The van der Waals surface area contributed by atoms with Crippen molar-refractivity contribution in [3.63, 3.8) is 0 Å². The highest BCUT2D eigenvalue weighted by Gasteiger charge is 2.52. The third-order valence-corrected chi connectivity index (χ3v) is 12.3. The van der Waals surface area contributed by atoms with Crippen LogP contribution in [0.25, 0.3) is 11.2 Å². The second-order valence-corrected chi connectivity index (χ2v) is 14.9. The predicted molar refractivity (Wildman–Crippen MR) is 146 cm³/mol. The molecular weight excluding hydrogens is 484 g/mol. The van der Waals surface area contributed by atoms with Crippen molar-refractivity contribution in [2.45, 2.75) is 44.0 Å². The summed E-state index contributed by atoms with van der Waals surface area (Å²) in [5.74, 6) is 0.287. The first-order valence-corrected chi connectivity index (χ1v) is 14.3. The van der Waals surface area contributed by atoms with E-state index in [-0.39, 0.29) is 23.5 Å². The van der Waals surface area contributed by atoms with Crippen molar-refractivity contribution in [2.75, 3.05) is 26.0 Å². The van der Waals surface area contributed by atoms with Crippen LogP contribution in [0.3, 0.4) is 0 Å². The molecule has 10 heteroatoms. The number of rotatable bonds is 7. The van der Waals surface area contributed by atoms with Crippen molar-refractivity contribution in [1.29, 1.82) is 0 Å². The smallest absolute Gasteiger partial charge is 0.261 e. The van der Waals surface area contributed by atoms with Crippen molar-refractivity contribution in [2.24, 2.45) is 0 Å². The molecule has 0 bridgehead atoms. The fourth-order valence-corrected chi connectivity index (χ4v) is 10.1. The van der Waals surface area contributed by atoms with Gasteiger partial charge in [-0.3, -0.25) is 9.40 Å². The highest BCUT2D eigenvalue weighted by Crippen LogP contribution is 2.40. The zero-order valence-electron chi connectivity index (χ0n) is 21.7. The summed E-state index contributed by atoms with van der Waals surface area (Å²) >= 11 is 0. The Kier molecular flexibility index (Phi) is 6.63. The lowest BCUT2D eigenvalue weighted by atomic mass is 10.1. The van der Waals surface area contributed by atoms with Gasteiger partial charge in [-0.25, -0.2) is 15.0 Å². The molecule has 0 aliphatic carbocycles. The molecule has 4 aromatic rings. The summed E-state index contributed by atoms with van der Waals surface area (Å²) in [7, 11) is -0.847. The lowest BCUT2D eigenvalue weighted by Crippen LogP contribution is -2.67. The highest BCUT2D eigenvalue weighted by atomic mass is 28.4. The number of fused-ring (bicyclic) bond motifs is 1. The van der Waals surface area contributed by atoms with Crippen LogP contribution in [0.4, 0.5) is 5.82 Å². The second kappa shape index (κ2) is 9.62. The molecule has 0 radical (unpaired) electrons. The molecule has 1 aliphatic heterocycles. The number of nitrogen functional groups attached to an aromatic ring is 1. The Hall–Kier alpha value is -3.15. The molecule has 0 saturated carbocycles. The van der Waals surface area contributed by atoms with E-state index >= 15 is 0 Å². The maximum absolute atomic E-state index is 10.6. The Morgan fingerprint density at radius 2 is 1.68 bits per heavy atom. The molecule has 2 atom stereocenters. The van der Waals surface area contributed by atoms with E-state index in [1.807, 2.05) is 19.2 Å². The molecule has 0 unspecified atom stereocenters. The molecule has 1 fully saturated rings. The summed E-state index contributed by atoms with van der Waals surface area (Å²) in [5, 5.41) is 14.6. The molecule has 2 aromatic heterocycles. The van der Waals surface area contributed by atoms with Crippen molar-refractivity contribution in [3.8, 4) is 0 Å². The van der Waals surface area contributed by atoms with E-state index < -0.39 is 14.0 Å². The minimum Gasteiger partial charge on any atom is -0.406 e. The Bertz CT molecular complexity index is 1320. The molecular formula is C27H34N6O3Si. The van der Waals surface area contributed by atoms with E-state index in [0.29, 0.717) is 24.2 Å². The van der Waals surface area contributed by atoms with Gasteiger partial charge < -0.3 is 15.3 Å². The van der Waals surface area contributed by atoms with Crippen LogP contribution >= 0.6 is 0 Å². The Morgan fingerprint density at radius 1 is 1.05 bits per heavy atom. The van der Waals surface area contributed by atoms with Gasteiger partial charge >= 0.3 is 0 Å². The van der Waals surface area contributed by atoms with E-state index in [2.05, 4.69) is 84.3 Å². The number of imidazole rings is 1. The highest BCUT2D eigenvalue weighted by molar-refractivity contribution is 6.99. The lowest BCUT2D eigenvalue weighted by Gasteiger charge is -2.43. The number of aromatic nitrogens is 4. The molecule has 9 nitrogen and oxygen atoms in total. The quantitative estimate of drug-likeness (QED) is 0.359. The first-order valence-electron chi connectivity index (χ1n) is 12.4. The summed E-state index contributed by atoms with van der Waals surface area (Å²) in [5.41, 5.74) is 5.92. The van der Waals surface area contributed by atoms with Crippen molar-refractivity contribution >= 4 is 35.7 Å². The molecule has 3 N–H and O–H groups in total. The van der Waals surface area contributed by atoms with E-state index in [1.165, 1.54) is 16.7 Å². The molecule has 0 spiro atoms. The maximum atomic E-state index is 10.6. The van der Waals surface area contributed by atoms with E-state index in [9.17, 15) is 5.11 Å². The van der Waals surface area contributed by atoms with Crippen LogP contribution in [-0.4, -0.2) is 64.3 Å². The minimum atomic E-state index is -2.72. The molecule has 1 saturated heterocycles. The monoisotopic (exact) mass is 518 g/mol. The number of hydroxylamine groups is 2. The Labute approximate surface area is 218 Å². The second-order valence-electron chi connectivity index (χ2n) is 10.6. The van der Waals surface area contributed by atoms with Crippen molar-refractivity contribution in [1.82, 2.24) is 24.6 Å². The number of aliphatic hydroxyl groups excluding tert-OH is 1. The number of benzene rings is 2. The molecule has 0 amide bonds. The number of likely N-dealkylation sites (N-methyl/N-ethyl adjacent to an activating group) is 1. The molecule has 2 aromatic carbocycles. The summed E-state index contributed by atoms with van der Waals surface area (Å²) in [4.78, 5) is 19.1. The first-order chi connectivity index (χ1) is 17.7. The number of anilines is 1. The van der Waals surface area contributed by atoms with Gasteiger partial charge in [-0.15, -0.1) is 0 Å². The predicted octanol–water partition coefficient (Wildman–Crippen LogP) is 2.27. The molecule has 194 valence electrons. The maximum Gasteiger partial charge on any atom is 0.261 e. The molecule has 1 aliphatic rings. The minimum absolute atomic E-state index is 0.120. The SMILES string of the molecule is CN1O[C@](CO)(n2cnc3c(N)ncnc32)C[C@H]1CO[Si](c1ccccc1)(c1ccccc1)C(C)(C)C. The summed E-state index contributed by atoms with van der Waals surface area (Å²) in [6.07, 6.45) is 3.47. The standard InChI is InChI=1S/C27H34N6O3Si/c1-26(2,3)37(21-11-7-5-8-12-21,22-13-9-6-10-14-22)35-16-20-15-27(17-34,36-32(20)4)33-19-31-23-24(28)29-18-30-25(23)33/h5-14,18-20,34H,15-17H2,1-4H3,(H2,28,29,30)/t20-,27+/m0/s1. The van der Waals surface area contributed by atoms with Gasteiger partial charge in [-0.05, 0) is 15.4 Å². The van der Waals surface area contributed by atoms with Crippen LogP contribution in [0.5, 0.6) is 0 Å². The molecule has 5 rings (SSSR count). The van der Waals surface area contributed by atoms with Crippen LogP contribution in [0.2, 0.25) is 5.04 Å². The van der Waals surface area contributed by atoms with Crippen LogP contribution in [-0.2, 0) is 15.0 Å².